The zero-order chi connectivity index (χ0) is 16.7. The lowest BCUT2D eigenvalue weighted by atomic mass is 10.0. The van der Waals surface area contributed by atoms with Crippen molar-refractivity contribution in [1.29, 1.82) is 0 Å². The first-order chi connectivity index (χ1) is 10.9. The number of rotatable bonds is 7. The zero-order valence-electron chi connectivity index (χ0n) is 12.8. The van der Waals surface area contributed by atoms with Gasteiger partial charge in [-0.05, 0) is 43.5 Å². The van der Waals surface area contributed by atoms with Crippen molar-refractivity contribution in [3.05, 3.63) is 29.8 Å². The van der Waals surface area contributed by atoms with Gasteiger partial charge < -0.3 is 19.9 Å². The van der Waals surface area contributed by atoms with Gasteiger partial charge in [-0.25, -0.2) is 0 Å². The molecule has 130 valence electrons. The van der Waals surface area contributed by atoms with E-state index >= 15 is 0 Å². The Kier molecular flexibility index (Phi) is 6.68. The molecule has 0 spiro atoms. The maximum Gasteiger partial charge on any atom is 0.416 e. The molecule has 1 fully saturated rings. The molecular weight excluding hydrogens is 311 g/mol. The third-order valence-corrected chi connectivity index (χ3v) is 3.76. The van der Waals surface area contributed by atoms with E-state index in [0.717, 1.165) is 44.7 Å². The summed E-state index contributed by atoms with van der Waals surface area (Å²) in [6.07, 6.45) is -3.17. The summed E-state index contributed by atoms with van der Waals surface area (Å²) in [7, 11) is 0. The van der Waals surface area contributed by atoms with E-state index in [1.807, 2.05) is 0 Å². The molecule has 7 heteroatoms. The molecule has 0 bridgehead atoms. The van der Waals surface area contributed by atoms with Crippen LogP contribution in [-0.2, 0) is 10.9 Å². The molecule has 0 saturated carbocycles. The quantitative estimate of drug-likeness (QED) is 0.805. The Morgan fingerprint density at radius 1 is 1.30 bits per heavy atom. The van der Waals surface area contributed by atoms with Crippen molar-refractivity contribution in [2.75, 3.05) is 32.9 Å². The van der Waals surface area contributed by atoms with Gasteiger partial charge in [-0.2, -0.15) is 13.2 Å². The lowest BCUT2D eigenvalue weighted by molar-refractivity contribution is -0.137. The highest BCUT2D eigenvalue weighted by Crippen LogP contribution is 2.31. The van der Waals surface area contributed by atoms with E-state index < -0.39 is 17.8 Å². The Bertz CT molecular complexity index is 476. The van der Waals surface area contributed by atoms with E-state index in [9.17, 15) is 18.3 Å². The predicted molar refractivity (Wildman–Crippen MR) is 79.4 cm³/mol. The third kappa shape index (κ3) is 6.37. The van der Waals surface area contributed by atoms with Crippen molar-refractivity contribution in [3.63, 3.8) is 0 Å². The molecule has 0 aromatic heterocycles. The van der Waals surface area contributed by atoms with Gasteiger partial charge in [0.15, 0.2) is 0 Å². The van der Waals surface area contributed by atoms with Crippen molar-refractivity contribution in [2.24, 2.45) is 5.92 Å². The molecule has 1 aliphatic heterocycles. The molecule has 0 aliphatic carbocycles. The molecule has 1 unspecified atom stereocenters. The Morgan fingerprint density at radius 2 is 2.04 bits per heavy atom. The minimum Gasteiger partial charge on any atom is -0.491 e. The average Bonchev–Trinajstić information content (AvgIpc) is 2.53. The second-order valence-corrected chi connectivity index (χ2v) is 5.70. The normalized spacial score (nSPS) is 17.9. The Labute approximate surface area is 133 Å². The molecular formula is C16H22F3NO3. The smallest absolute Gasteiger partial charge is 0.416 e. The van der Waals surface area contributed by atoms with Crippen molar-refractivity contribution in [3.8, 4) is 5.75 Å². The van der Waals surface area contributed by atoms with Gasteiger partial charge in [0.25, 0.3) is 0 Å². The third-order valence-electron chi connectivity index (χ3n) is 3.76. The molecule has 1 heterocycles. The second kappa shape index (κ2) is 8.52. The predicted octanol–water partition coefficient (Wildman–Crippen LogP) is 2.46. The molecule has 23 heavy (non-hydrogen) atoms. The maximum absolute atomic E-state index is 12.6. The summed E-state index contributed by atoms with van der Waals surface area (Å²) in [4.78, 5) is 0. The number of benzene rings is 1. The lowest BCUT2D eigenvalue weighted by Crippen LogP contribution is -2.35. The van der Waals surface area contributed by atoms with Crippen molar-refractivity contribution >= 4 is 0 Å². The van der Waals surface area contributed by atoms with Crippen LogP contribution in [0.2, 0.25) is 0 Å². The molecule has 1 atom stereocenters. The number of hydrogen-bond acceptors (Lipinski definition) is 4. The fourth-order valence-corrected chi connectivity index (χ4v) is 2.42. The van der Waals surface area contributed by atoms with E-state index in [-0.39, 0.29) is 12.4 Å². The average molecular weight is 333 g/mol. The van der Waals surface area contributed by atoms with E-state index in [4.69, 9.17) is 9.47 Å². The summed E-state index contributed by atoms with van der Waals surface area (Å²) in [5.74, 6) is 0.642. The highest BCUT2D eigenvalue weighted by molar-refractivity contribution is 5.30. The summed E-state index contributed by atoms with van der Waals surface area (Å²) >= 11 is 0. The van der Waals surface area contributed by atoms with E-state index in [0.29, 0.717) is 12.5 Å². The molecule has 1 saturated heterocycles. The summed E-state index contributed by atoms with van der Waals surface area (Å²) < 4.78 is 48.3. The number of halogens is 3. The Morgan fingerprint density at radius 3 is 2.74 bits per heavy atom. The summed E-state index contributed by atoms with van der Waals surface area (Å²) in [6.45, 7) is 2.63. The zero-order valence-corrected chi connectivity index (χ0v) is 12.8. The van der Waals surface area contributed by atoms with E-state index in [2.05, 4.69) is 5.32 Å². The van der Waals surface area contributed by atoms with Gasteiger partial charge in [-0.1, -0.05) is 6.07 Å². The SMILES string of the molecule is OC(CNCC1CCOCC1)COc1cccc(C(F)(F)F)c1. The largest absolute Gasteiger partial charge is 0.491 e. The first-order valence-corrected chi connectivity index (χ1v) is 7.72. The van der Waals surface area contributed by atoms with Crippen LogP contribution in [0.5, 0.6) is 5.75 Å². The van der Waals surface area contributed by atoms with Crippen LogP contribution < -0.4 is 10.1 Å². The van der Waals surface area contributed by atoms with Gasteiger partial charge in [0, 0.05) is 19.8 Å². The van der Waals surface area contributed by atoms with Gasteiger partial charge in [-0.3, -0.25) is 0 Å². The number of ether oxygens (including phenoxy) is 2. The maximum atomic E-state index is 12.6. The van der Waals surface area contributed by atoms with Gasteiger partial charge in [0.05, 0.1) is 5.56 Å². The molecule has 1 aromatic rings. The molecule has 0 radical (unpaired) electrons. The van der Waals surface area contributed by atoms with Crippen LogP contribution in [0.25, 0.3) is 0 Å². The monoisotopic (exact) mass is 333 g/mol. The van der Waals surface area contributed by atoms with Crippen LogP contribution in [0.1, 0.15) is 18.4 Å². The van der Waals surface area contributed by atoms with Gasteiger partial charge in [0.1, 0.15) is 18.5 Å². The van der Waals surface area contributed by atoms with Crippen LogP contribution in [0, 0.1) is 5.92 Å². The minimum absolute atomic E-state index is 0.0535. The molecule has 0 amide bonds. The highest BCUT2D eigenvalue weighted by atomic mass is 19.4. The Balaban J connectivity index is 1.68. The molecule has 2 rings (SSSR count). The summed E-state index contributed by atoms with van der Waals surface area (Å²) in [6, 6.07) is 4.65. The van der Waals surface area contributed by atoms with Crippen molar-refractivity contribution in [2.45, 2.75) is 25.1 Å². The molecule has 2 N–H and O–H groups in total. The van der Waals surface area contributed by atoms with Gasteiger partial charge >= 0.3 is 6.18 Å². The molecule has 1 aliphatic rings. The van der Waals surface area contributed by atoms with Gasteiger partial charge in [0.2, 0.25) is 0 Å². The molecule has 4 nitrogen and oxygen atoms in total. The van der Waals surface area contributed by atoms with Crippen LogP contribution in [0.4, 0.5) is 13.2 Å². The fraction of sp³-hybridized carbons (Fsp3) is 0.625. The summed E-state index contributed by atoms with van der Waals surface area (Å²) in [5.41, 5.74) is -0.762. The molecule has 1 aromatic carbocycles. The van der Waals surface area contributed by atoms with Crippen LogP contribution in [0.3, 0.4) is 0 Å². The number of aliphatic hydroxyl groups is 1. The minimum atomic E-state index is -4.40. The van der Waals surface area contributed by atoms with E-state index in [1.165, 1.54) is 12.1 Å². The number of alkyl halides is 3. The van der Waals surface area contributed by atoms with Crippen LogP contribution in [-0.4, -0.2) is 44.1 Å². The number of nitrogens with one attached hydrogen (secondary N) is 1. The highest BCUT2D eigenvalue weighted by Gasteiger charge is 2.30. The van der Waals surface area contributed by atoms with Gasteiger partial charge in [-0.15, -0.1) is 0 Å². The fourth-order valence-electron chi connectivity index (χ4n) is 2.42. The second-order valence-electron chi connectivity index (χ2n) is 5.70. The Hall–Kier alpha value is -1.31. The van der Waals surface area contributed by atoms with Crippen LogP contribution >= 0.6 is 0 Å². The number of aliphatic hydroxyl groups excluding tert-OH is 1. The number of hydrogen-bond donors (Lipinski definition) is 2. The standard InChI is InChI=1S/C16H22F3NO3/c17-16(18,19)13-2-1-3-15(8-13)23-11-14(21)10-20-9-12-4-6-22-7-5-12/h1-3,8,12,14,20-21H,4-7,9-11H2. The first kappa shape index (κ1) is 18.0. The van der Waals surface area contributed by atoms with Crippen molar-refractivity contribution in [1.82, 2.24) is 5.32 Å². The van der Waals surface area contributed by atoms with Crippen LogP contribution in [0.15, 0.2) is 24.3 Å². The van der Waals surface area contributed by atoms with Crippen molar-refractivity contribution < 1.29 is 27.8 Å². The van der Waals surface area contributed by atoms with E-state index in [1.54, 1.807) is 0 Å². The first-order valence-electron chi connectivity index (χ1n) is 7.72. The summed E-state index contributed by atoms with van der Waals surface area (Å²) in [5, 5.41) is 13.0. The lowest BCUT2D eigenvalue weighted by Gasteiger charge is -2.23. The topological polar surface area (TPSA) is 50.7 Å².